The SMILES string of the molecule is COc1cc(C#N)c(N(Cc2cccc([N+](=O)[O-])c2)NC(=O)c2c(Cl)cncc2Cl)cc1OC. The standard InChI is InChI=1S/C22H17Cl2N5O5/c1-33-19-7-14(9-25)18(8-20(19)34-2)28(12-13-4-3-5-15(6-13)29(31)32)27-22(30)21-16(23)10-26-11-17(21)24/h3-8,10-11H,12H2,1-2H3,(H,27,30). The fourth-order valence-corrected chi connectivity index (χ4v) is 3.66. The van der Waals surface area contributed by atoms with Gasteiger partial charge >= 0.3 is 0 Å². The lowest BCUT2D eigenvalue weighted by Crippen LogP contribution is -2.42. The molecule has 1 aromatic heterocycles. The number of non-ortho nitro benzene ring substituents is 1. The molecule has 3 aromatic rings. The number of benzene rings is 2. The Bertz CT molecular complexity index is 1270. The van der Waals surface area contributed by atoms with Crippen LogP contribution in [0, 0.1) is 21.4 Å². The van der Waals surface area contributed by atoms with E-state index in [2.05, 4.69) is 16.5 Å². The van der Waals surface area contributed by atoms with Crippen LogP contribution in [-0.4, -0.2) is 30.0 Å². The third-order valence-corrected chi connectivity index (χ3v) is 5.27. The van der Waals surface area contributed by atoms with Crippen LogP contribution in [-0.2, 0) is 6.54 Å². The smallest absolute Gasteiger partial charge is 0.272 e. The van der Waals surface area contributed by atoms with Gasteiger partial charge in [-0.1, -0.05) is 35.3 Å². The summed E-state index contributed by atoms with van der Waals surface area (Å²) in [6.45, 7) is -0.0437. The van der Waals surface area contributed by atoms with Crippen LogP contribution in [0.5, 0.6) is 11.5 Å². The first-order valence-electron chi connectivity index (χ1n) is 9.56. The summed E-state index contributed by atoms with van der Waals surface area (Å²) in [6, 6.07) is 10.9. The molecule has 34 heavy (non-hydrogen) atoms. The Balaban J connectivity index is 2.11. The Hall–Kier alpha value is -4.07. The van der Waals surface area contributed by atoms with E-state index in [1.54, 1.807) is 6.07 Å². The fourth-order valence-electron chi connectivity index (χ4n) is 3.12. The first-order valence-corrected chi connectivity index (χ1v) is 10.3. The quantitative estimate of drug-likeness (QED) is 0.351. The van der Waals surface area contributed by atoms with Crippen LogP contribution in [0.1, 0.15) is 21.5 Å². The number of hydrogen-bond acceptors (Lipinski definition) is 8. The van der Waals surface area contributed by atoms with E-state index in [-0.39, 0.29) is 39.1 Å². The summed E-state index contributed by atoms with van der Waals surface area (Å²) in [5.41, 5.74) is 3.40. The first kappa shape index (κ1) is 24.6. The van der Waals surface area contributed by atoms with E-state index in [9.17, 15) is 20.2 Å². The van der Waals surface area contributed by atoms with Gasteiger partial charge in [0.2, 0.25) is 0 Å². The average molecular weight is 502 g/mol. The van der Waals surface area contributed by atoms with Crippen LogP contribution in [0.15, 0.2) is 48.8 Å². The number of carbonyl (C=O) groups is 1. The van der Waals surface area contributed by atoms with Gasteiger partial charge in [0.25, 0.3) is 11.6 Å². The van der Waals surface area contributed by atoms with Crippen molar-refractivity contribution in [3.05, 3.63) is 85.6 Å². The van der Waals surface area contributed by atoms with Crippen molar-refractivity contribution in [2.24, 2.45) is 0 Å². The van der Waals surface area contributed by atoms with Gasteiger partial charge in [0.05, 0.1) is 52.5 Å². The number of nitrogens with one attached hydrogen (secondary N) is 1. The highest BCUT2D eigenvalue weighted by molar-refractivity contribution is 6.39. The minimum Gasteiger partial charge on any atom is -0.493 e. The maximum Gasteiger partial charge on any atom is 0.272 e. The molecule has 0 saturated heterocycles. The highest BCUT2D eigenvalue weighted by Gasteiger charge is 2.23. The largest absolute Gasteiger partial charge is 0.493 e. The lowest BCUT2D eigenvalue weighted by molar-refractivity contribution is -0.384. The third kappa shape index (κ3) is 5.28. The lowest BCUT2D eigenvalue weighted by atomic mass is 10.1. The van der Waals surface area contributed by atoms with Gasteiger partial charge < -0.3 is 9.47 Å². The van der Waals surface area contributed by atoms with Crippen molar-refractivity contribution in [1.29, 1.82) is 5.26 Å². The summed E-state index contributed by atoms with van der Waals surface area (Å²) < 4.78 is 10.6. The minimum atomic E-state index is -0.679. The Kier molecular flexibility index (Phi) is 7.73. The maximum absolute atomic E-state index is 13.1. The van der Waals surface area contributed by atoms with E-state index in [4.69, 9.17) is 32.7 Å². The minimum absolute atomic E-state index is 0.0214. The van der Waals surface area contributed by atoms with Crippen molar-refractivity contribution in [1.82, 2.24) is 10.4 Å². The van der Waals surface area contributed by atoms with Gasteiger partial charge in [0.1, 0.15) is 6.07 Å². The number of rotatable bonds is 8. The zero-order valence-corrected chi connectivity index (χ0v) is 19.4. The predicted molar refractivity (Wildman–Crippen MR) is 125 cm³/mol. The maximum atomic E-state index is 13.1. The average Bonchev–Trinajstić information content (AvgIpc) is 2.82. The molecule has 0 aliphatic rings. The monoisotopic (exact) mass is 501 g/mol. The van der Waals surface area contributed by atoms with Gasteiger partial charge in [-0.05, 0) is 5.56 Å². The van der Waals surface area contributed by atoms with Gasteiger partial charge in [-0.3, -0.25) is 30.3 Å². The number of nitriles is 1. The first-order chi connectivity index (χ1) is 16.3. The Labute approximate surface area is 204 Å². The molecule has 0 aliphatic carbocycles. The molecular weight excluding hydrogens is 485 g/mol. The van der Waals surface area contributed by atoms with Crippen LogP contribution in [0.25, 0.3) is 0 Å². The second-order valence-corrected chi connectivity index (χ2v) is 7.58. The van der Waals surface area contributed by atoms with E-state index < -0.39 is 10.8 Å². The highest BCUT2D eigenvalue weighted by atomic mass is 35.5. The number of hydrazine groups is 1. The van der Waals surface area contributed by atoms with E-state index in [0.29, 0.717) is 17.1 Å². The molecule has 3 rings (SSSR count). The second kappa shape index (κ2) is 10.7. The van der Waals surface area contributed by atoms with Crippen molar-refractivity contribution < 1.29 is 19.2 Å². The Morgan fingerprint density at radius 3 is 2.41 bits per heavy atom. The van der Waals surface area contributed by atoms with E-state index in [0.717, 1.165) is 0 Å². The van der Waals surface area contributed by atoms with Gasteiger partial charge in [0, 0.05) is 36.7 Å². The molecule has 0 saturated carbocycles. The number of carbonyl (C=O) groups excluding carboxylic acids is 1. The molecule has 2 aromatic carbocycles. The van der Waals surface area contributed by atoms with Crippen LogP contribution in [0.3, 0.4) is 0 Å². The zero-order valence-electron chi connectivity index (χ0n) is 17.9. The second-order valence-electron chi connectivity index (χ2n) is 6.77. The molecule has 0 aliphatic heterocycles. The van der Waals surface area contributed by atoms with Crippen molar-refractivity contribution in [2.45, 2.75) is 6.54 Å². The van der Waals surface area contributed by atoms with E-state index in [1.165, 1.54) is 62.0 Å². The number of aromatic nitrogens is 1. The van der Waals surface area contributed by atoms with Crippen LogP contribution >= 0.6 is 23.2 Å². The molecule has 12 heteroatoms. The number of anilines is 1. The number of methoxy groups -OCH3 is 2. The molecule has 0 spiro atoms. The van der Waals surface area contributed by atoms with E-state index in [1.807, 2.05) is 0 Å². The number of nitro groups is 1. The Morgan fingerprint density at radius 2 is 1.82 bits per heavy atom. The van der Waals surface area contributed by atoms with Crippen molar-refractivity contribution >= 4 is 40.5 Å². The molecule has 174 valence electrons. The lowest BCUT2D eigenvalue weighted by Gasteiger charge is -2.27. The molecule has 1 N–H and O–H groups in total. The van der Waals surface area contributed by atoms with Gasteiger partial charge in [0.15, 0.2) is 11.5 Å². The zero-order chi connectivity index (χ0) is 24.8. The number of pyridine rings is 1. The van der Waals surface area contributed by atoms with Gasteiger partial charge in [-0.2, -0.15) is 5.26 Å². The molecule has 1 heterocycles. The number of nitro benzene ring substituents is 1. The molecule has 0 atom stereocenters. The fraction of sp³-hybridized carbons (Fsp3) is 0.136. The highest BCUT2D eigenvalue weighted by Crippen LogP contribution is 2.35. The van der Waals surface area contributed by atoms with Crippen molar-refractivity contribution in [3.8, 4) is 17.6 Å². The van der Waals surface area contributed by atoms with Gasteiger partial charge in [-0.25, -0.2) is 0 Å². The summed E-state index contributed by atoms with van der Waals surface area (Å²) in [5, 5.41) is 22.3. The topological polar surface area (TPSA) is 131 Å². The van der Waals surface area contributed by atoms with Crippen molar-refractivity contribution in [3.63, 3.8) is 0 Å². The van der Waals surface area contributed by atoms with Crippen LogP contribution in [0.2, 0.25) is 10.0 Å². The predicted octanol–water partition coefficient (Wildman–Crippen LogP) is 4.54. The molecule has 0 unspecified atom stereocenters. The number of nitrogens with zero attached hydrogens (tertiary/aromatic N) is 4. The number of hydrogen-bond donors (Lipinski definition) is 1. The molecule has 1 amide bonds. The van der Waals surface area contributed by atoms with Crippen LogP contribution in [0.4, 0.5) is 11.4 Å². The summed E-state index contributed by atoms with van der Waals surface area (Å²) >= 11 is 12.3. The molecule has 0 radical (unpaired) electrons. The Morgan fingerprint density at radius 1 is 1.18 bits per heavy atom. The normalized spacial score (nSPS) is 10.2. The number of halogens is 2. The van der Waals surface area contributed by atoms with E-state index >= 15 is 0 Å². The van der Waals surface area contributed by atoms with Crippen molar-refractivity contribution in [2.75, 3.05) is 19.2 Å². The third-order valence-electron chi connectivity index (χ3n) is 4.69. The summed E-state index contributed by atoms with van der Waals surface area (Å²) in [5.74, 6) is -0.0686. The molecular formula is C22H17Cl2N5O5. The molecule has 0 bridgehead atoms. The number of ether oxygens (including phenoxy) is 2. The molecule has 0 fully saturated rings. The molecule has 10 nitrogen and oxygen atoms in total. The summed E-state index contributed by atoms with van der Waals surface area (Å²) in [7, 11) is 2.85. The summed E-state index contributed by atoms with van der Waals surface area (Å²) in [6.07, 6.45) is 2.54. The summed E-state index contributed by atoms with van der Waals surface area (Å²) in [4.78, 5) is 27.6. The number of amides is 1. The van der Waals surface area contributed by atoms with Crippen LogP contribution < -0.4 is 19.9 Å². The van der Waals surface area contributed by atoms with Gasteiger partial charge in [-0.15, -0.1) is 0 Å².